The summed E-state index contributed by atoms with van der Waals surface area (Å²) in [6.07, 6.45) is 1.71. The molecule has 2 bridgehead atoms. The first-order chi connectivity index (χ1) is 12.3. The quantitative estimate of drug-likeness (QED) is 0.691. The minimum Gasteiger partial charge on any atom is -0.479 e. The molecule has 0 spiro atoms. The minimum absolute atomic E-state index is 0.0467. The average Bonchev–Trinajstić information content (AvgIpc) is 2.83. The number of rotatable bonds is 4. The van der Waals surface area contributed by atoms with Crippen LogP contribution in [0.3, 0.4) is 0 Å². The van der Waals surface area contributed by atoms with Crippen molar-refractivity contribution in [2.45, 2.75) is 63.0 Å². The zero-order valence-electron chi connectivity index (χ0n) is 15.1. The third-order valence-electron chi connectivity index (χ3n) is 5.03. The molecule has 2 saturated heterocycles. The second-order valence-electron chi connectivity index (χ2n) is 6.91. The molecule has 0 radical (unpaired) electrons. The Kier molecular flexibility index (Phi) is 7.14. The Labute approximate surface area is 153 Å². The maximum Gasteiger partial charge on any atom is 0.339 e. The van der Waals surface area contributed by atoms with Crippen molar-refractivity contribution in [1.82, 2.24) is 4.90 Å². The molecular formula is C19H27NO6. The van der Waals surface area contributed by atoms with Crippen LogP contribution in [-0.4, -0.2) is 63.5 Å². The van der Waals surface area contributed by atoms with Crippen LogP contribution in [-0.2, 0) is 14.3 Å². The average molecular weight is 365 g/mol. The van der Waals surface area contributed by atoms with Crippen LogP contribution in [0.5, 0.6) is 0 Å². The Hall–Kier alpha value is -1.96. The van der Waals surface area contributed by atoms with E-state index in [1.165, 1.54) is 19.8 Å². The van der Waals surface area contributed by atoms with Crippen molar-refractivity contribution < 1.29 is 29.6 Å². The lowest BCUT2D eigenvalue weighted by molar-refractivity contribution is -0.162. The fraction of sp³-hybridized carbons (Fsp3) is 0.579. The number of carbonyl (C=O) groups is 2. The van der Waals surface area contributed by atoms with Crippen LogP contribution in [0.1, 0.15) is 44.3 Å². The van der Waals surface area contributed by atoms with E-state index in [0.717, 1.165) is 12.8 Å². The number of carboxylic acid groups (broad SMARTS) is 1. The van der Waals surface area contributed by atoms with Crippen molar-refractivity contribution in [3.8, 4) is 0 Å². The molecule has 5 atom stereocenters. The Morgan fingerprint density at radius 3 is 2.08 bits per heavy atom. The monoisotopic (exact) mass is 365 g/mol. The lowest BCUT2D eigenvalue weighted by Crippen LogP contribution is -2.43. The molecule has 7 nitrogen and oxygen atoms in total. The molecule has 2 heterocycles. The number of piperidine rings is 1. The van der Waals surface area contributed by atoms with Crippen LogP contribution in [0, 0.1) is 0 Å². The number of carbonyl (C=O) groups excluding carboxylic acids is 1. The lowest BCUT2D eigenvalue weighted by atomic mass is 10.0. The number of nitrogens with zero attached hydrogens (tertiary/aromatic N) is 1. The summed E-state index contributed by atoms with van der Waals surface area (Å²) in [7, 11) is 2.15. The maximum absolute atomic E-state index is 12.0. The number of hydrogen-bond acceptors (Lipinski definition) is 6. The van der Waals surface area contributed by atoms with E-state index >= 15 is 0 Å². The van der Waals surface area contributed by atoms with Gasteiger partial charge in [0.1, 0.15) is 12.2 Å². The lowest BCUT2D eigenvalue weighted by Gasteiger charge is -2.36. The molecule has 0 aliphatic carbocycles. The highest BCUT2D eigenvalue weighted by molar-refractivity contribution is 5.76. The molecule has 3 rings (SSSR count). The number of benzene rings is 1. The van der Waals surface area contributed by atoms with Crippen LogP contribution in [0.4, 0.5) is 0 Å². The molecule has 0 aromatic heterocycles. The zero-order chi connectivity index (χ0) is 19.3. The molecule has 3 N–H and O–H groups in total. The number of ether oxygens (including phenoxy) is 1. The van der Waals surface area contributed by atoms with Crippen LogP contribution in [0.2, 0.25) is 0 Å². The Bertz CT molecular complexity index is 591. The summed E-state index contributed by atoms with van der Waals surface area (Å²) >= 11 is 0. The van der Waals surface area contributed by atoms with Gasteiger partial charge in [0, 0.05) is 12.1 Å². The molecule has 2 unspecified atom stereocenters. The summed E-state index contributed by atoms with van der Waals surface area (Å²) in [5.41, 5.74) is 0.591. The first kappa shape index (κ1) is 20.4. The largest absolute Gasteiger partial charge is 0.479 e. The van der Waals surface area contributed by atoms with Crippen LogP contribution in [0.25, 0.3) is 0 Å². The number of hydrogen-bond donors (Lipinski definition) is 3. The molecule has 2 fully saturated rings. The number of aliphatic carboxylic acids is 1. The van der Waals surface area contributed by atoms with E-state index in [9.17, 15) is 14.7 Å². The van der Waals surface area contributed by atoms with Gasteiger partial charge in [0.2, 0.25) is 0 Å². The van der Waals surface area contributed by atoms with Crippen LogP contribution in [0.15, 0.2) is 30.3 Å². The minimum atomic E-state index is -1.23. The summed E-state index contributed by atoms with van der Waals surface area (Å²) in [5.74, 6) is -1.71. The van der Waals surface area contributed by atoms with Crippen LogP contribution >= 0.6 is 0 Å². The molecule has 144 valence electrons. The number of fused-ring (bicyclic) bond motifs is 2. The second-order valence-corrected chi connectivity index (χ2v) is 6.91. The van der Waals surface area contributed by atoms with Gasteiger partial charge >= 0.3 is 11.9 Å². The second kappa shape index (κ2) is 9.12. The van der Waals surface area contributed by atoms with Gasteiger partial charge in [-0.3, -0.25) is 0 Å². The van der Waals surface area contributed by atoms with Crippen molar-refractivity contribution in [1.29, 1.82) is 0 Å². The summed E-state index contributed by atoms with van der Waals surface area (Å²) in [6.45, 7) is 1.20. The van der Waals surface area contributed by atoms with Crippen molar-refractivity contribution in [3.63, 3.8) is 0 Å². The van der Waals surface area contributed by atoms with E-state index in [-0.39, 0.29) is 6.10 Å². The van der Waals surface area contributed by atoms with Crippen LogP contribution < -0.4 is 0 Å². The fourth-order valence-electron chi connectivity index (χ4n) is 3.46. The number of carboxylic acids is 1. The molecule has 2 aliphatic heterocycles. The smallest absolute Gasteiger partial charge is 0.339 e. The third kappa shape index (κ3) is 5.27. The molecule has 1 aromatic rings. The van der Waals surface area contributed by atoms with Gasteiger partial charge < -0.3 is 25.0 Å². The highest BCUT2D eigenvalue weighted by Gasteiger charge is 2.40. The van der Waals surface area contributed by atoms with Gasteiger partial charge in [-0.05, 0) is 45.2 Å². The Morgan fingerprint density at radius 2 is 1.62 bits per heavy atom. The first-order valence-electron chi connectivity index (χ1n) is 8.86. The van der Waals surface area contributed by atoms with Crippen molar-refractivity contribution in [2.24, 2.45) is 0 Å². The fourth-order valence-corrected chi connectivity index (χ4v) is 3.46. The van der Waals surface area contributed by atoms with E-state index in [1.807, 2.05) is 18.2 Å². The molecular weight excluding hydrogens is 338 g/mol. The van der Waals surface area contributed by atoms with E-state index in [0.29, 0.717) is 17.6 Å². The number of esters is 1. The topological polar surface area (TPSA) is 107 Å². The van der Waals surface area contributed by atoms with E-state index in [2.05, 4.69) is 11.9 Å². The molecule has 2 aliphatic rings. The summed E-state index contributed by atoms with van der Waals surface area (Å²) < 4.78 is 5.52. The molecule has 7 heteroatoms. The molecule has 1 aromatic carbocycles. The molecule has 0 saturated carbocycles. The summed E-state index contributed by atoms with van der Waals surface area (Å²) in [5, 5.41) is 25.8. The van der Waals surface area contributed by atoms with E-state index in [1.54, 1.807) is 12.1 Å². The van der Waals surface area contributed by atoms with Gasteiger partial charge in [-0.15, -0.1) is 0 Å². The van der Waals surface area contributed by atoms with Crippen molar-refractivity contribution in [3.05, 3.63) is 35.9 Å². The summed E-state index contributed by atoms with van der Waals surface area (Å²) in [4.78, 5) is 23.9. The molecule has 0 amide bonds. The predicted octanol–water partition coefficient (Wildman–Crippen LogP) is 1.34. The van der Waals surface area contributed by atoms with Crippen molar-refractivity contribution in [2.75, 3.05) is 7.05 Å². The highest BCUT2D eigenvalue weighted by Crippen LogP contribution is 2.35. The molecule has 26 heavy (non-hydrogen) atoms. The van der Waals surface area contributed by atoms with Gasteiger partial charge in [0.15, 0.2) is 6.10 Å². The van der Waals surface area contributed by atoms with Gasteiger partial charge in [0.25, 0.3) is 0 Å². The first-order valence-corrected chi connectivity index (χ1v) is 8.86. The zero-order valence-corrected chi connectivity index (χ0v) is 15.1. The SMILES string of the molecule is CC(O)C(=O)O.CN1[C@@H]2CC[C@H]1C[C@@H](OC(=O)C(O)c1ccccc1)C2. The van der Waals surface area contributed by atoms with E-state index in [4.69, 9.17) is 14.9 Å². The third-order valence-corrected chi connectivity index (χ3v) is 5.03. The van der Waals surface area contributed by atoms with Gasteiger partial charge in [0.05, 0.1) is 0 Å². The Balaban J connectivity index is 0.000000352. The maximum atomic E-state index is 12.0. The van der Waals surface area contributed by atoms with Gasteiger partial charge in [-0.1, -0.05) is 30.3 Å². The Morgan fingerprint density at radius 1 is 1.12 bits per heavy atom. The number of aliphatic hydroxyl groups excluding tert-OH is 2. The highest BCUT2D eigenvalue weighted by atomic mass is 16.6. The van der Waals surface area contributed by atoms with Gasteiger partial charge in [-0.25, -0.2) is 9.59 Å². The summed E-state index contributed by atoms with van der Waals surface area (Å²) in [6, 6.07) is 10.0. The normalized spacial score (nSPS) is 27.0. The van der Waals surface area contributed by atoms with E-state index < -0.39 is 24.1 Å². The standard InChI is InChI=1S/C16H21NO3.C3H6O3/c1-17-12-7-8-13(17)10-14(9-12)20-16(19)15(18)11-5-3-2-4-6-11;1-2(4)3(5)6/h2-6,12-15,18H,7-10H2,1H3;2,4H,1H3,(H,5,6)/t12-,13+,14+,15?;. The predicted molar refractivity (Wildman–Crippen MR) is 94.4 cm³/mol. The van der Waals surface area contributed by atoms with Crippen molar-refractivity contribution >= 4 is 11.9 Å². The number of aliphatic hydroxyl groups is 2. The van der Waals surface area contributed by atoms with Gasteiger partial charge in [-0.2, -0.15) is 0 Å².